The highest BCUT2D eigenvalue weighted by molar-refractivity contribution is 5.80. The molecule has 1 aliphatic rings. The fourth-order valence-corrected chi connectivity index (χ4v) is 4.81. The van der Waals surface area contributed by atoms with E-state index in [2.05, 4.69) is 42.4 Å². The molecule has 11 nitrogen and oxygen atoms in total. The third-order valence-electron chi connectivity index (χ3n) is 6.80. The van der Waals surface area contributed by atoms with Gasteiger partial charge in [-0.15, -0.1) is 5.10 Å². The standard InChI is InChI=1S/C26H31N7O4/c1-35-15-14-33-25(28-29-30-33)24(22-17-18-16-21(37-3)8-9-23(18)27-26(22)34)32-12-10-31(11-13-32)19-4-6-20(36-2)7-5-19/h4-9,16-17,24H,10-15H2,1-3H3,(H,27,34)/t24-/m1/s1. The van der Waals surface area contributed by atoms with Crippen molar-refractivity contribution in [1.29, 1.82) is 0 Å². The molecule has 1 atom stereocenters. The first-order valence-electron chi connectivity index (χ1n) is 12.2. The average molecular weight is 506 g/mol. The molecule has 2 aromatic carbocycles. The lowest BCUT2D eigenvalue weighted by Gasteiger charge is -2.39. The van der Waals surface area contributed by atoms with Crippen LogP contribution in [0.25, 0.3) is 10.9 Å². The summed E-state index contributed by atoms with van der Waals surface area (Å²) < 4.78 is 17.7. The first-order chi connectivity index (χ1) is 18.1. The molecule has 0 aliphatic carbocycles. The number of hydrogen-bond donors (Lipinski definition) is 1. The van der Waals surface area contributed by atoms with Gasteiger partial charge in [0.1, 0.15) is 17.5 Å². The van der Waals surface area contributed by atoms with Crippen molar-refractivity contribution in [3.05, 3.63) is 70.3 Å². The molecular weight excluding hydrogens is 474 g/mol. The minimum atomic E-state index is -0.427. The summed E-state index contributed by atoms with van der Waals surface area (Å²) in [5.41, 5.74) is 2.31. The summed E-state index contributed by atoms with van der Waals surface area (Å²) in [6.07, 6.45) is 0. The molecule has 0 saturated carbocycles. The number of methoxy groups -OCH3 is 3. The van der Waals surface area contributed by atoms with Crippen LogP contribution in [0.3, 0.4) is 0 Å². The molecule has 1 N–H and O–H groups in total. The van der Waals surface area contributed by atoms with Crippen LogP contribution in [0.5, 0.6) is 11.5 Å². The first-order valence-corrected chi connectivity index (χ1v) is 12.2. The van der Waals surface area contributed by atoms with Gasteiger partial charge in [0.25, 0.3) is 5.56 Å². The Bertz CT molecular complexity index is 1390. The number of H-pyrrole nitrogens is 1. The van der Waals surface area contributed by atoms with Crippen LogP contribution in [0, 0.1) is 0 Å². The Labute approximate surface area is 214 Å². The summed E-state index contributed by atoms with van der Waals surface area (Å²) in [4.78, 5) is 21.0. The number of aromatic amines is 1. The number of piperazine rings is 1. The third-order valence-corrected chi connectivity index (χ3v) is 6.80. The number of nitrogens with one attached hydrogen (secondary N) is 1. The van der Waals surface area contributed by atoms with Crippen molar-refractivity contribution in [1.82, 2.24) is 30.1 Å². The van der Waals surface area contributed by atoms with Gasteiger partial charge in [0.15, 0.2) is 5.82 Å². The van der Waals surface area contributed by atoms with E-state index < -0.39 is 6.04 Å². The van der Waals surface area contributed by atoms with Gasteiger partial charge in [-0.25, -0.2) is 4.68 Å². The van der Waals surface area contributed by atoms with Crippen molar-refractivity contribution in [2.75, 3.05) is 59.0 Å². The molecule has 0 unspecified atom stereocenters. The summed E-state index contributed by atoms with van der Waals surface area (Å²) in [7, 11) is 4.93. The Morgan fingerprint density at radius 2 is 1.68 bits per heavy atom. The Morgan fingerprint density at radius 3 is 2.38 bits per heavy atom. The molecule has 1 aliphatic heterocycles. The lowest BCUT2D eigenvalue weighted by molar-refractivity contribution is 0.171. The molecular formula is C26H31N7O4. The number of rotatable bonds is 9. The zero-order chi connectivity index (χ0) is 25.8. The number of aromatic nitrogens is 5. The van der Waals surface area contributed by atoms with E-state index in [0.29, 0.717) is 24.5 Å². The summed E-state index contributed by atoms with van der Waals surface area (Å²) >= 11 is 0. The van der Waals surface area contributed by atoms with Crippen molar-refractivity contribution < 1.29 is 14.2 Å². The predicted octanol–water partition coefficient (Wildman–Crippen LogP) is 2.09. The number of hydrogen-bond acceptors (Lipinski definition) is 9. The second-order valence-electron chi connectivity index (χ2n) is 8.88. The van der Waals surface area contributed by atoms with Crippen molar-refractivity contribution in [2.45, 2.75) is 12.6 Å². The monoisotopic (exact) mass is 505 g/mol. The highest BCUT2D eigenvalue weighted by Gasteiger charge is 2.32. The number of ether oxygens (including phenoxy) is 3. The van der Waals surface area contributed by atoms with Crippen LogP contribution < -0.4 is 19.9 Å². The molecule has 4 aromatic rings. The van der Waals surface area contributed by atoms with E-state index in [4.69, 9.17) is 14.2 Å². The van der Waals surface area contributed by atoms with Gasteiger partial charge in [0, 0.05) is 55.4 Å². The highest BCUT2D eigenvalue weighted by Crippen LogP contribution is 2.30. The second kappa shape index (κ2) is 11.0. The maximum absolute atomic E-state index is 13.4. The van der Waals surface area contributed by atoms with Crippen LogP contribution in [-0.2, 0) is 11.3 Å². The molecule has 0 radical (unpaired) electrons. The molecule has 5 rings (SSSR count). The van der Waals surface area contributed by atoms with Crippen molar-refractivity contribution in [2.24, 2.45) is 0 Å². The maximum Gasteiger partial charge on any atom is 0.253 e. The normalized spacial score (nSPS) is 15.2. The number of benzene rings is 2. The quantitative estimate of drug-likeness (QED) is 0.366. The van der Waals surface area contributed by atoms with Gasteiger partial charge in [-0.2, -0.15) is 0 Å². The van der Waals surface area contributed by atoms with E-state index in [-0.39, 0.29) is 5.56 Å². The van der Waals surface area contributed by atoms with Crippen LogP contribution in [0.15, 0.2) is 53.3 Å². The third kappa shape index (κ3) is 5.13. The lowest BCUT2D eigenvalue weighted by atomic mass is 10.0. The zero-order valence-corrected chi connectivity index (χ0v) is 21.3. The molecule has 3 heterocycles. The smallest absolute Gasteiger partial charge is 0.253 e. The minimum Gasteiger partial charge on any atom is -0.497 e. The topological polar surface area (TPSA) is 111 Å². The molecule has 2 aromatic heterocycles. The fourth-order valence-electron chi connectivity index (χ4n) is 4.81. The van der Waals surface area contributed by atoms with Gasteiger partial charge < -0.3 is 24.1 Å². The van der Waals surface area contributed by atoms with Gasteiger partial charge in [-0.1, -0.05) is 0 Å². The molecule has 37 heavy (non-hydrogen) atoms. The number of tetrazole rings is 1. The van der Waals surface area contributed by atoms with Gasteiger partial charge in [0.05, 0.1) is 27.4 Å². The van der Waals surface area contributed by atoms with Crippen LogP contribution in [0.4, 0.5) is 5.69 Å². The first kappa shape index (κ1) is 24.7. The lowest BCUT2D eigenvalue weighted by Crippen LogP contribution is -2.49. The predicted molar refractivity (Wildman–Crippen MR) is 139 cm³/mol. The van der Waals surface area contributed by atoms with Gasteiger partial charge in [0.2, 0.25) is 0 Å². The number of fused-ring (bicyclic) bond motifs is 1. The van der Waals surface area contributed by atoms with Crippen molar-refractivity contribution in [3.63, 3.8) is 0 Å². The molecule has 0 spiro atoms. The van der Waals surface area contributed by atoms with E-state index in [1.54, 1.807) is 26.0 Å². The van der Waals surface area contributed by atoms with Crippen LogP contribution in [0.1, 0.15) is 17.4 Å². The molecule has 1 fully saturated rings. The van der Waals surface area contributed by atoms with E-state index in [0.717, 1.165) is 54.3 Å². The number of nitrogens with zero attached hydrogens (tertiary/aromatic N) is 6. The Balaban J connectivity index is 1.50. The van der Waals surface area contributed by atoms with Crippen molar-refractivity contribution >= 4 is 16.6 Å². The van der Waals surface area contributed by atoms with Crippen LogP contribution in [0.2, 0.25) is 0 Å². The summed E-state index contributed by atoms with van der Waals surface area (Å²) in [5.74, 6) is 2.17. The summed E-state index contributed by atoms with van der Waals surface area (Å²) in [6, 6.07) is 15.2. The highest BCUT2D eigenvalue weighted by atomic mass is 16.5. The van der Waals surface area contributed by atoms with Gasteiger partial charge in [-0.3, -0.25) is 9.69 Å². The molecule has 0 amide bonds. The molecule has 1 saturated heterocycles. The SMILES string of the molecule is COCCn1nnnc1[C@@H](c1cc2cc(OC)ccc2[nH]c1=O)N1CCN(c2ccc(OC)cc2)CC1. The van der Waals surface area contributed by atoms with Gasteiger partial charge >= 0.3 is 0 Å². The largest absolute Gasteiger partial charge is 0.497 e. The molecule has 0 bridgehead atoms. The summed E-state index contributed by atoms with van der Waals surface area (Å²) in [6.45, 7) is 3.98. The fraction of sp³-hybridized carbons (Fsp3) is 0.385. The molecule has 11 heteroatoms. The minimum absolute atomic E-state index is 0.165. The van der Waals surface area contributed by atoms with E-state index >= 15 is 0 Å². The van der Waals surface area contributed by atoms with E-state index in [9.17, 15) is 4.79 Å². The van der Waals surface area contributed by atoms with Gasteiger partial charge in [-0.05, 0) is 59.0 Å². The Hall–Kier alpha value is -3.96. The zero-order valence-electron chi connectivity index (χ0n) is 21.3. The maximum atomic E-state index is 13.4. The molecule has 194 valence electrons. The van der Waals surface area contributed by atoms with Crippen LogP contribution in [-0.4, -0.2) is 84.2 Å². The van der Waals surface area contributed by atoms with Crippen LogP contribution >= 0.6 is 0 Å². The number of pyridine rings is 1. The van der Waals surface area contributed by atoms with Crippen molar-refractivity contribution in [3.8, 4) is 11.5 Å². The Kier molecular flexibility index (Phi) is 7.33. The Morgan fingerprint density at radius 1 is 0.946 bits per heavy atom. The number of anilines is 1. The van der Waals surface area contributed by atoms with E-state index in [1.807, 2.05) is 36.4 Å². The van der Waals surface area contributed by atoms with E-state index in [1.165, 1.54) is 0 Å². The second-order valence-corrected chi connectivity index (χ2v) is 8.88. The summed E-state index contributed by atoms with van der Waals surface area (Å²) in [5, 5.41) is 13.4. The average Bonchev–Trinajstić information content (AvgIpc) is 3.40.